The summed E-state index contributed by atoms with van der Waals surface area (Å²) in [5, 5.41) is 9.54. The van der Waals surface area contributed by atoms with Crippen LogP contribution in [0.15, 0.2) is 66.7 Å². The number of aryl methyl sites for hydroxylation is 1. The zero-order valence-electron chi connectivity index (χ0n) is 22.1. The van der Waals surface area contributed by atoms with Gasteiger partial charge in [0.05, 0.1) is 17.2 Å². The third-order valence-electron chi connectivity index (χ3n) is 6.90. The molecule has 3 aromatic carbocycles. The molecule has 0 saturated carbocycles. The summed E-state index contributed by atoms with van der Waals surface area (Å²) in [6, 6.07) is 23.8. The van der Waals surface area contributed by atoms with E-state index < -0.39 is 5.97 Å². The molecule has 3 heteroatoms. The van der Waals surface area contributed by atoms with Gasteiger partial charge in [-0.25, -0.2) is 4.79 Å². The van der Waals surface area contributed by atoms with Crippen LogP contribution in [0.25, 0.3) is 11.1 Å². The molecule has 0 aliphatic carbocycles. The third kappa shape index (κ3) is 8.09. The van der Waals surface area contributed by atoms with Crippen molar-refractivity contribution in [2.24, 2.45) is 5.92 Å². The van der Waals surface area contributed by atoms with Crippen molar-refractivity contribution in [3.8, 4) is 22.9 Å². The molecule has 0 heterocycles. The van der Waals surface area contributed by atoms with Crippen molar-refractivity contribution >= 4 is 5.97 Å². The monoisotopic (exact) mass is 481 g/mol. The van der Waals surface area contributed by atoms with Crippen LogP contribution >= 0.6 is 0 Å². The van der Waals surface area contributed by atoms with Gasteiger partial charge in [-0.15, -0.1) is 0 Å². The Morgan fingerprint density at radius 2 is 1.50 bits per heavy atom. The number of hydrogen-bond donors (Lipinski definition) is 0. The molecule has 0 aliphatic heterocycles. The number of carbonyl (C=O) groups excluding carboxylic acids is 1. The topological polar surface area (TPSA) is 50.1 Å². The van der Waals surface area contributed by atoms with Gasteiger partial charge in [0, 0.05) is 0 Å². The zero-order chi connectivity index (χ0) is 25.8. The summed E-state index contributed by atoms with van der Waals surface area (Å²) in [6.45, 7) is 6.56. The lowest BCUT2D eigenvalue weighted by molar-refractivity contribution is 0.0734. The van der Waals surface area contributed by atoms with Gasteiger partial charge in [-0.3, -0.25) is 0 Å². The number of nitrogens with zero attached hydrogens (tertiary/aromatic N) is 1. The Kier molecular flexibility index (Phi) is 10.8. The molecule has 0 aromatic heterocycles. The second kappa shape index (κ2) is 14.2. The van der Waals surface area contributed by atoms with Crippen LogP contribution in [0.3, 0.4) is 0 Å². The van der Waals surface area contributed by atoms with E-state index in [0.29, 0.717) is 22.8 Å². The number of rotatable bonds is 13. The maximum Gasteiger partial charge on any atom is 0.343 e. The second-order valence-electron chi connectivity index (χ2n) is 9.83. The Morgan fingerprint density at radius 3 is 2.14 bits per heavy atom. The molecule has 36 heavy (non-hydrogen) atoms. The van der Waals surface area contributed by atoms with Crippen LogP contribution in [0.5, 0.6) is 5.75 Å². The highest BCUT2D eigenvalue weighted by atomic mass is 16.5. The maximum absolute atomic E-state index is 12.7. The second-order valence-corrected chi connectivity index (χ2v) is 9.83. The first kappa shape index (κ1) is 27.2. The summed E-state index contributed by atoms with van der Waals surface area (Å²) < 4.78 is 5.58. The molecule has 0 bridgehead atoms. The number of hydrogen-bond acceptors (Lipinski definition) is 3. The summed E-state index contributed by atoms with van der Waals surface area (Å²) >= 11 is 0. The molecule has 0 saturated heterocycles. The molecule has 1 atom stereocenters. The van der Waals surface area contributed by atoms with E-state index in [1.165, 1.54) is 44.1 Å². The molecule has 0 aliphatic rings. The van der Waals surface area contributed by atoms with Crippen LogP contribution < -0.4 is 4.74 Å². The van der Waals surface area contributed by atoms with Gasteiger partial charge in [-0.1, -0.05) is 102 Å². The Labute approximate surface area is 217 Å². The highest BCUT2D eigenvalue weighted by molar-refractivity contribution is 5.91. The predicted molar refractivity (Wildman–Crippen MR) is 148 cm³/mol. The molecule has 3 nitrogen and oxygen atoms in total. The lowest BCUT2D eigenvalue weighted by Gasteiger charge is -2.11. The fraction of sp³-hybridized carbons (Fsp3) is 0.394. The minimum atomic E-state index is -0.451. The predicted octanol–water partition coefficient (Wildman–Crippen LogP) is 8.94. The number of carbonyl (C=O) groups is 1. The fourth-order valence-electron chi connectivity index (χ4n) is 4.36. The molecule has 188 valence electrons. The van der Waals surface area contributed by atoms with Gasteiger partial charge in [0.25, 0.3) is 0 Å². The highest BCUT2D eigenvalue weighted by Gasteiger charge is 2.13. The van der Waals surface area contributed by atoms with E-state index in [4.69, 9.17) is 4.74 Å². The van der Waals surface area contributed by atoms with Gasteiger partial charge in [-0.05, 0) is 71.7 Å². The van der Waals surface area contributed by atoms with Crippen LogP contribution in [-0.4, -0.2) is 5.97 Å². The first-order valence-electron chi connectivity index (χ1n) is 13.5. The summed E-state index contributed by atoms with van der Waals surface area (Å²) in [5.74, 6) is 0.531. The lowest BCUT2D eigenvalue weighted by Crippen LogP contribution is -2.10. The summed E-state index contributed by atoms with van der Waals surface area (Å²) in [7, 11) is 0. The van der Waals surface area contributed by atoms with Crippen molar-refractivity contribution in [1.29, 1.82) is 5.26 Å². The number of benzene rings is 3. The molecule has 3 aromatic rings. The molecule has 0 radical (unpaired) electrons. The molecule has 0 fully saturated rings. The number of nitriles is 1. The summed E-state index contributed by atoms with van der Waals surface area (Å²) in [4.78, 5) is 12.7. The molecule has 0 amide bonds. The summed E-state index contributed by atoms with van der Waals surface area (Å²) in [6.07, 6.45) is 10.9. The number of ether oxygens (including phenoxy) is 1. The molecule has 0 N–H and O–H groups in total. The molecule has 3 rings (SSSR count). The molecule has 0 spiro atoms. The van der Waals surface area contributed by atoms with Crippen LogP contribution in [0.2, 0.25) is 0 Å². The minimum absolute atomic E-state index is 0.393. The zero-order valence-corrected chi connectivity index (χ0v) is 22.1. The van der Waals surface area contributed by atoms with Crippen LogP contribution in [0.1, 0.15) is 92.8 Å². The van der Waals surface area contributed by atoms with E-state index in [-0.39, 0.29) is 0 Å². The van der Waals surface area contributed by atoms with Crippen molar-refractivity contribution < 1.29 is 9.53 Å². The molecular formula is C33H39NO2. The highest BCUT2D eigenvalue weighted by Crippen LogP contribution is 2.24. The molecule has 0 unspecified atom stereocenters. The third-order valence-corrected chi connectivity index (χ3v) is 6.90. The van der Waals surface area contributed by atoms with Gasteiger partial charge >= 0.3 is 5.97 Å². The van der Waals surface area contributed by atoms with E-state index in [2.05, 4.69) is 51.1 Å². The van der Waals surface area contributed by atoms with Gasteiger partial charge in [0.1, 0.15) is 5.75 Å². The van der Waals surface area contributed by atoms with Gasteiger partial charge in [0.15, 0.2) is 0 Å². The van der Waals surface area contributed by atoms with Gasteiger partial charge < -0.3 is 4.74 Å². The van der Waals surface area contributed by atoms with E-state index in [0.717, 1.165) is 36.0 Å². The number of esters is 1. The SMILES string of the molecule is CCCCCCCCc1ccc(-c2ccc(OC(=O)c3ccc(C[C@@H](C)CC)c(C#N)c3)cc2)cc1. The average Bonchev–Trinajstić information content (AvgIpc) is 2.91. The Hall–Kier alpha value is -3.38. The lowest BCUT2D eigenvalue weighted by atomic mass is 9.94. The first-order valence-corrected chi connectivity index (χ1v) is 13.5. The fourth-order valence-corrected chi connectivity index (χ4v) is 4.36. The van der Waals surface area contributed by atoms with E-state index in [1.54, 1.807) is 12.1 Å². The average molecular weight is 482 g/mol. The Bertz CT molecular complexity index is 1140. The van der Waals surface area contributed by atoms with Crippen molar-refractivity contribution in [2.45, 2.75) is 78.6 Å². The smallest absolute Gasteiger partial charge is 0.343 e. The normalized spacial score (nSPS) is 11.6. The van der Waals surface area contributed by atoms with E-state index in [9.17, 15) is 10.1 Å². The van der Waals surface area contributed by atoms with Crippen molar-refractivity contribution in [1.82, 2.24) is 0 Å². The van der Waals surface area contributed by atoms with Gasteiger partial charge in [0.2, 0.25) is 0 Å². The first-order chi connectivity index (χ1) is 17.5. The minimum Gasteiger partial charge on any atom is -0.423 e. The van der Waals surface area contributed by atoms with E-state index in [1.807, 2.05) is 30.3 Å². The van der Waals surface area contributed by atoms with Crippen LogP contribution in [0.4, 0.5) is 0 Å². The van der Waals surface area contributed by atoms with Crippen LogP contribution in [0, 0.1) is 17.2 Å². The van der Waals surface area contributed by atoms with Crippen LogP contribution in [-0.2, 0) is 12.8 Å². The van der Waals surface area contributed by atoms with Crippen molar-refractivity contribution in [3.05, 3.63) is 89.0 Å². The van der Waals surface area contributed by atoms with Crippen molar-refractivity contribution in [3.63, 3.8) is 0 Å². The molecular weight excluding hydrogens is 442 g/mol. The van der Waals surface area contributed by atoms with Gasteiger partial charge in [-0.2, -0.15) is 5.26 Å². The largest absolute Gasteiger partial charge is 0.423 e. The standard InChI is InChI=1S/C33H39NO2/c1-4-6-7-8-9-10-11-26-12-14-27(15-13-26)28-18-20-32(21-19-28)36-33(35)30-17-16-29(22-25(3)5-2)31(23-30)24-34/h12-21,23,25H,4-11,22H2,1-3H3/t25-/m0/s1. The maximum atomic E-state index is 12.7. The number of unbranched alkanes of at least 4 members (excludes halogenated alkanes) is 5. The quantitative estimate of drug-likeness (QED) is 0.139. The Morgan fingerprint density at radius 1 is 0.861 bits per heavy atom. The van der Waals surface area contributed by atoms with E-state index >= 15 is 0 Å². The van der Waals surface area contributed by atoms with Crippen molar-refractivity contribution in [2.75, 3.05) is 0 Å². The summed E-state index contributed by atoms with van der Waals surface area (Å²) in [5.41, 5.74) is 5.53. The Balaban J connectivity index is 1.56.